The summed E-state index contributed by atoms with van der Waals surface area (Å²) in [6, 6.07) is 2.07. The highest BCUT2D eigenvalue weighted by Crippen LogP contribution is 2.19. The van der Waals surface area contributed by atoms with Gasteiger partial charge < -0.3 is 0 Å². The Balaban J connectivity index is 2.70. The van der Waals surface area contributed by atoms with E-state index < -0.39 is 0 Å². The predicted molar refractivity (Wildman–Crippen MR) is 52.9 cm³/mol. The highest BCUT2D eigenvalue weighted by atomic mass is 32.1. The Morgan fingerprint density at radius 2 is 2.33 bits per heavy atom. The molecule has 66 valence electrons. The van der Waals surface area contributed by atoms with Gasteiger partial charge in [-0.05, 0) is 36.8 Å². The predicted octanol–water partition coefficient (Wildman–Crippen LogP) is 3.29. The molecule has 2 heteroatoms. The summed E-state index contributed by atoms with van der Waals surface area (Å²) in [7, 11) is 0. The summed E-state index contributed by atoms with van der Waals surface area (Å²) in [4.78, 5) is 12.0. The quantitative estimate of drug-likeness (QED) is 0.653. The monoisotopic (exact) mass is 182 g/mol. The van der Waals surface area contributed by atoms with E-state index in [2.05, 4.69) is 13.0 Å². The fraction of sp³-hybridized carbons (Fsp3) is 0.500. The Morgan fingerprint density at radius 1 is 1.58 bits per heavy atom. The van der Waals surface area contributed by atoms with E-state index in [1.165, 1.54) is 18.4 Å². The van der Waals surface area contributed by atoms with Gasteiger partial charge in [0.05, 0.1) is 4.88 Å². The summed E-state index contributed by atoms with van der Waals surface area (Å²) in [5, 5.41) is 2.00. The molecule has 0 saturated heterocycles. The third kappa shape index (κ3) is 2.18. The molecule has 1 rings (SSSR count). The van der Waals surface area contributed by atoms with E-state index in [0.717, 1.165) is 11.3 Å². The summed E-state index contributed by atoms with van der Waals surface area (Å²) in [6.07, 6.45) is 3.42. The molecule has 1 nitrogen and oxygen atoms in total. The number of hydrogen-bond donors (Lipinski definition) is 0. The van der Waals surface area contributed by atoms with Crippen LogP contribution in [0, 0.1) is 0 Å². The summed E-state index contributed by atoms with van der Waals surface area (Å²) in [6.45, 7) is 3.81. The summed E-state index contributed by atoms with van der Waals surface area (Å²) in [5.74, 6) is 0.205. The second-order valence-electron chi connectivity index (χ2n) is 2.93. The number of carbonyl (C=O) groups excluding carboxylic acids is 1. The minimum Gasteiger partial charge on any atom is -0.294 e. The highest BCUT2D eigenvalue weighted by molar-refractivity contribution is 7.12. The standard InChI is InChI=1S/C10H14OS/c1-3-4-5-9-6-7-12-10(9)8(2)11/h6-7H,3-5H2,1-2H3. The van der Waals surface area contributed by atoms with Crippen molar-refractivity contribution in [3.05, 3.63) is 21.9 Å². The van der Waals surface area contributed by atoms with Crippen molar-refractivity contribution in [1.29, 1.82) is 0 Å². The van der Waals surface area contributed by atoms with E-state index in [-0.39, 0.29) is 5.78 Å². The molecule has 0 saturated carbocycles. The van der Waals surface area contributed by atoms with Crippen molar-refractivity contribution >= 4 is 17.1 Å². The van der Waals surface area contributed by atoms with Crippen molar-refractivity contribution in [2.24, 2.45) is 0 Å². The number of ketones is 1. The summed E-state index contributed by atoms with van der Waals surface area (Å²) < 4.78 is 0. The van der Waals surface area contributed by atoms with Crippen LogP contribution in [0.25, 0.3) is 0 Å². The minimum atomic E-state index is 0.205. The zero-order chi connectivity index (χ0) is 8.97. The van der Waals surface area contributed by atoms with E-state index >= 15 is 0 Å². The Hall–Kier alpha value is -0.630. The first-order valence-electron chi connectivity index (χ1n) is 4.33. The van der Waals surface area contributed by atoms with Crippen LogP contribution in [-0.2, 0) is 6.42 Å². The van der Waals surface area contributed by atoms with Crippen LogP contribution in [0.2, 0.25) is 0 Å². The summed E-state index contributed by atoms with van der Waals surface area (Å²) >= 11 is 1.56. The van der Waals surface area contributed by atoms with E-state index in [4.69, 9.17) is 0 Å². The largest absolute Gasteiger partial charge is 0.294 e. The van der Waals surface area contributed by atoms with Crippen molar-refractivity contribution in [2.45, 2.75) is 33.1 Å². The molecule has 0 aromatic carbocycles. The lowest BCUT2D eigenvalue weighted by Gasteiger charge is -1.97. The average Bonchev–Trinajstić information content (AvgIpc) is 2.48. The molecular weight excluding hydrogens is 168 g/mol. The lowest BCUT2D eigenvalue weighted by Crippen LogP contribution is -1.93. The fourth-order valence-corrected chi connectivity index (χ4v) is 2.06. The Labute approximate surface area is 77.4 Å². The van der Waals surface area contributed by atoms with Crippen LogP contribution in [0.4, 0.5) is 0 Å². The second kappa shape index (κ2) is 4.41. The molecule has 0 amide bonds. The van der Waals surface area contributed by atoms with Crippen LogP contribution in [0.1, 0.15) is 41.9 Å². The van der Waals surface area contributed by atoms with Gasteiger partial charge in [0.25, 0.3) is 0 Å². The van der Waals surface area contributed by atoms with Crippen molar-refractivity contribution < 1.29 is 4.79 Å². The molecule has 0 spiro atoms. The molecule has 12 heavy (non-hydrogen) atoms. The zero-order valence-electron chi connectivity index (χ0n) is 7.59. The van der Waals surface area contributed by atoms with Gasteiger partial charge in [-0.1, -0.05) is 13.3 Å². The second-order valence-corrected chi connectivity index (χ2v) is 3.85. The number of thiophene rings is 1. The minimum absolute atomic E-state index is 0.205. The zero-order valence-corrected chi connectivity index (χ0v) is 8.41. The molecule has 0 atom stereocenters. The number of unbranched alkanes of at least 4 members (excludes halogenated alkanes) is 1. The van der Waals surface area contributed by atoms with Crippen LogP contribution in [0.15, 0.2) is 11.4 Å². The van der Waals surface area contributed by atoms with Crippen LogP contribution < -0.4 is 0 Å². The SMILES string of the molecule is CCCCc1ccsc1C(C)=O. The van der Waals surface area contributed by atoms with Crippen LogP contribution >= 0.6 is 11.3 Å². The molecule has 0 N–H and O–H groups in total. The molecule has 1 aromatic heterocycles. The Bertz CT molecular complexity index is 263. The lowest BCUT2D eigenvalue weighted by molar-refractivity contribution is 0.102. The lowest BCUT2D eigenvalue weighted by atomic mass is 10.1. The van der Waals surface area contributed by atoms with E-state index in [1.807, 2.05) is 5.38 Å². The van der Waals surface area contributed by atoms with Gasteiger partial charge in [0, 0.05) is 0 Å². The third-order valence-corrected chi connectivity index (χ3v) is 2.92. The number of rotatable bonds is 4. The van der Waals surface area contributed by atoms with Gasteiger partial charge in [-0.25, -0.2) is 0 Å². The normalized spacial score (nSPS) is 10.2. The fourth-order valence-electron chi connectivity index (χ4n) is 1.21. The average molecular weight is 182 g/mol. The number of Topliss-reactive ketones (excluding diaryl/α,β-unsaturated/α-hetero) is 1. The van der Waals surface area contributed by atoms with E-state index in [9.17, 15) is 4.79 Å². The van der Waals surface area contributed by atoms with E-state index in [0.29, 0.717) is 0 Å². The van der Waals surface area contributed by atoms with Gasteiger partial charge in [-0.15, -0.1) is 11.3 Å². The van der Waals surface area contributed by atoms with Gasteiger partial charge >= 0.3 is 0 Å². The maximum absolute atomic E-state index is 11.1. The van der Waals surface area contributed by atoms with Gasteiger partial charge in [0.2, 0.25) is 0 Å². The van der Waals surface area contributed by atoms with E-state index in [1.54, 1.807) is 18.3 Å². The number of carbonyl (C=O) groups is 1. The Kier molecular flexibility index (Phi) is 3.48. The molecule has 1 heterocycles. The molecule has 0 aliphatic rings. The van der Waals surface area contributed by atoms with Crippen molar-refractivity contribution in [3.8, 4) is 0 Å². The first-order valence-corrected chi connectivity index (χ1v) is 5.21. The summed E-state index contributed by atoms with van der Waals surface area (Å²) in [5.41, 5.74) is 1.23. The molecular formula is C10H14OS. The molecule has 0 fully saturated rings. The maximum atomic E-state index is 11.1. The highest BCUT2D eigenvalue weighted by Gasteiger charge is 2.07. The van der Waals surface area contributed by atoms with Crippen LogP contribution in [0.5, 0.6) is 0 Å². The first kappa shape index (κ1) is 9.46. The van der Waals surface area contributed by atoms with Crippen LogP contribution in [-0.4, -0.2) is 5.78 Å². The van der Waals surface area contributed by atoms with Gasteiger partial charge in [0.15, 0.2) is 5.78 Å². The number of hydrogen-bond acceptors (Lipinski definition) is 2. The molecule has 0 unspecified atom stereocenters. The topological polar surface area (TPSA) is 17.1 Å². The molecule has 1 aromatic rings. The number of aryl methyl sites for hydroxylation is 1. The molecule has 0 radical (unpaired) electrons. The third-order valence-electron chi connectivity index (χ3n) is 1.87. The van der Waals surface area contributed by atoms with Crippen molar-refractivity contribution in [3.63, 3.8) is 0 Å². The first-order chi connectivity index (χ1) is 5.75. The van der Waals surface area contributed by atoms with Gasteiger partial charge in [-0.2, -0.15) is 0 Å². The Morgan fingerprint density at radius 3 is 2.92 bits per heavy atom. The van der Waals surface area contributed by atoms with Gasteiger partial charge in [-0.3, -0.25) is 4.79 Å². The van der Waals surface area contributed by atoms with Gasteiger partial charge in [0.1, 0.15) is 0 Å². The maximum Gasteiger partial charge on any atom is 0.169 e. The van der Waals surface area contributed by atoms with Crippen molar-refractivity contribution in [2.75, 3.05) is 0 Å². The smallest absolute Gasteiger partial charge is 0.169 e. The van der Waals surface area contributed by atoms with Crippen molar-refractivity contribution in [1.82, 2.24) is 0 Å². The molecule has 0 bridgehead atoms. The molecule has 0 aliphatic carbocycles. The molecule has 0 aliphatic heterocycles. The van der Waals surface area contributed by atoms with Crippen LogP contribution in [0.3, 0.4) is 0 Å².